The van der Waals surface area contributed by atoms with E-state index in [1.54, 1.807) is 0 Å². The van der Waals surface area contributed by atoms with E-state index in [0.29, 0.717) is 0 Å². The molecule has 0 amide bonds. The molecule has 0 saturated carbocycles. The SMILES string of the molecule is CCC(CC)O[Si](C)(C)CP(=O)(O)O. The minimum absolute atomic E-state index is 0.0868. The fourth-order valence-corrected chi connectivity index (χ4v) is 6.94. The van der Waals surface area contributed by atoms with Crippen molar-refractivity contribution in [3.8, 4) is 0 Å². The number of rotatable bonds is 6. The van der Waals surface area contributed by atoms with E-state index >= 15 is 0 Å². The van der Waals surface area contributed by atoms with Crippen LogP contribution in [0.3, 0.4) is 0 Å². The lowest BCUT2D eigenvalue weighted by molar-refractivity contribution is 0.184. The summed E-state index contributed by atoms with van der Waals surface area (Å²) in [5.74, 6) is -0.0868. The van der Waals surface area contributed by atoms with Crippen molar-refractivity contribution in [1.82, 2.24) is 0 Å². The van der Waals surface area contributed by atoms with E-state index < -0.39 is 15.9 Å². The van der Waals surface area contributed by atoms with Gasteiger partial charge in [0.05, 0.1) is 5.79 Å². The zero-order valence-electron chi connectivity index (χ0n) is 9.36. The fraction of sp³-hybridized carbons (Fsp3) is 1.00. The van der Waals surface area contributed by atoms with Gasteiger partial charge in [0.15, 0.2) is 8.32 Å². The first-order valence-corrected chi connectivity index (χ1v) is 9.84. The predicted octanol–water partition coefficient (Wildman–Crippen LogP) is 2.11. The highest BCUT2D eigenvalue weighted by Crippen LogP contribution is 2.38. The minimum Gasteiger partial charge on any atom is -0.414 e. The quantitative estimate of drug-likeness (QED) is 0.551. The third-order valence-corrected chi connectivity index (χ3v) is 7.65. The van der Waals surface area contributed by atoms with E-state index in [-0.39, 0.29) is 11.9 Å². The molecule has 6 heteroatoms. The molecule has 0 atom stereocenters. The van der Waals surface area contributed by atoms with Gasteiger partial charge in [-0.25, -0.2) is 0 Å². The van der Waals surface area contributed by atoms with E-state index in [2.05, 4.69) is 0 Å². The Morgan fingerprint density at radius 3 is 2.00 bits per heavy atom. The standard InChI is InChI=1S/C8H21O4PSi/c1-5-8(6-2)12-14(3,4)7-13(9,10)11/h8H,5-7H2,1-4H3,(H2,9,10,11). The van der Waals surface area contributed by atoms with Crippen LogP contribution in [0.2, 0.25) is 13.1 Å². The Kier molecular flexibility index (Phi) is 5.55. The molecular formula is C8H21O4PSi. The van der Waals surface area contributed by atoms with Crippen molar-refractivity contribution in [3.05, 3.63) is 0 Å². The predicted molar refractivity (Wildman–Crippen MR) is 59.8 cm³/mol. The normalized spacial score (nSPS) is 13.6. The molecule has 0 rings (SSSR count). The van der Waals surface area contributed by atoms with Crippen molar-refractivity contribution in [2.45, 2.75) is 45.9 Å². The summed E-state index contributed by atoms with van der Waals surface area (Å²) in [6.45, 7) is 7.75. The van der Waals surface area contributed by atoms with Gasteiger partial charge in [0, 0.05) is 6.10 Å². The molecule has 0 unspecified atom stereocenters. The molecule has 0 aromatic heterocycles. The van der Waals surface area contributed by atoms with Gasteiger partial charge in [-0.3, -0.25) is 4.57 Å². The van der Waals surface area contributed by atoms with Gasteiger partial charge in [0.25, 0.3) is 0 Å². The molecule has 4 nitrogen and oxygen atoms in total. The van der Waals surface area contributed by atoms with Crippen LogP contribution < -0.4 is 0 Å². The summed E-state index contributed by atoms with van der Waals surface area (Å²) >= 11 is 0. The van der Waals surface area contributed by atoms with E-state index in [4.69, 9.17) is 14.2 Å². The Morgan fingerprint density at radius 1 is 1.29 bits per heavy atom. The van der Waals surface area contributed by atoms with E-state index in [1.807, 2.05) is 26.9 Å². The molecule has 0 radical (unpaired) electrons. The second-order valence-electron chi connectivity index (χ2n) is 4.14. The molecule has 0 fully saturated rings. The highest BCUT2D eigenvalue weighted by atomic mass is 31.2. The third-order valence-electron chi connectivity index (χ3n) is 1.98. The maximum Gasteiger partial charge on any atom is 0.325 e. The van der Waals surface area contributed by atoms with Crippen LogP contribution in [0.25, 0.3) is 0 Å². The summed E-state index contributed by atoms with van der Waals surface area (Å²) in [4.78, 5) is 17.8. The van der Waals surface area contributed by atoms with Crippen molar-refractivity contribution >= 4 is 15.9 Å². The summed E-state index contributed by atoms with van der Waals surface area (Å²) < 4.78 is 16.6. The Labute approximate surface area is 87.0 Å². The first-order valence-electron chi connectivity index (χ1n) is 4.92. The third kappa shape index (κ3) is 6.73. The Morgan fingerprint density at radius 2 is 1.71 bits per heavy atom. The molecule has 0 heterocycles. The Bertz CT molecular complexity index is 209. The maximum absolute atomic E-state index is 10.9. The first-order chi connectivity index (χ1) is 6.20. The van der Waals surface area contributed by atoms with Gasteiger partial charge < -0.3 is 14.2 Å². The second-order valence-corrected chi connectivity index (χ2v) is 10.5. The molecule has 0 bridgehead atoms. The van der Waals surface area contributed by atoms with Crippen LogP contribution in [-0.4, -0.2) is 30.0 Å². The molecule has 0 aliphatic rings. The molecule has 0 aromatic carbocycles. The minimum atomic E-state index is -3.93. The molecular weight excluding hydrogens is 219 g/mol. The fourth-order valence-electron chi connectivity index (χ4n) is 1.44. The zero-order chi connectivity index (χ0) is 11.4. The first kappa shape index (κ1) is 14.3. The van der Waals surface area contributed by atoms with Crippen molar-refractivity contribution in [2.24, 2.45) is 0 Å². The van der Waals surface area contributed by atoms with Gasteiger partial charge in [-0.15, -0.1) is 0 Å². The van der Waals surface area contributed by atoms with Crippen molar-refractivity contribution in [1.29, 1.82) is 0 Å². The average Bonchev–Trinajstić information content (AvgIpc) is 1.95. The maximum atomic E-state index is 10.9. The molecule has 0 aliphatic heterocycles. The van der Waals surface area contributed by atoms with Crippen molar-refractivity contribution in [2.75, 3.05) is 5.79 Å². The monoisotopic (exact) mass is 240 g/mol. The molecule has 14 heavy (non-hydrogen) atoms. The van der Waals surface area contributed by atoms with Crippen molar-refractivity contribution < 1.29 is 18.8 Å². The molecule has 0 spiro atoms. The smallest absolute Gasteiger partial charge is 0.325 e. The van der Waals surface area contributed by atoms with Gasteiger partial charge in [0.2, 0.25) is 0 Å². The summed E-state index contributed by atoms with van der Waals surface area (Å²) in [6, 6.07) is 0. The lowest BCUT2D eigenvalue weighted by Crippen LogP contribution is -2.39. The van der Waals surface area contributed by atoms with Gasteiger partial charge in [0.1, 0.15) is 0 Å². The largest absolute Gasteiger partial charge is 0.414 e. The van der Waals surface area contributed by atoms with Gasteiger partial charge in [-0.2, -0.15) is 0 Å². The Hall–Kier alpha value is 0.327. The lowest BCUT2D eigenvalue weighted by Gasteiger charge is -2.28. The topological polar surface area (TPSA) is 66.8 Å². The molecule has 0 aromatic rings. The van der Waals surface area contributed by atoms with Crippen LogP contribution >= 0.6 is 7.60 Å². The Balaban J connectivity index is 4.25. The summed E-state index contributed by atoms with van der Waals surface area (Å²) in [7, 11) is -6.13. The summed E-state index contributed by atoms with van der Waals surface area (Å²) in [6.07, 6.45) is 1.94. The van der Waals surface area contributed by atoms with Crippen LogP contribution in [-0.2, 0) is 8.99 Å². The van der Waals surface area contributed by atoms with Crippen LogP contribution in [0.4, 0.5) is 0 Å². The van der Waals surface area contributed by atoms with Gasteiger partial charge >= 0.3 is 7.60 Å². The number of hydrogen-bond donors (Lipinski definition) is 2. The van der Waals surface area contributed by atoms with Crippen LogP contribution in [0, 0.1) is 0 Å². The second kappa shape index (κ2) is 5.42. The lowest BCUT2D eigenvalue weighted by atomic mass is 10.2. The van der Waals surface area contributed by atoms with Crippen LogP contribution in [0.1, 0.15) is 26.7 Å². The molecule has 0 saturated heterocycles. The van der Waals surface area contributed by atoms with Gasteiger partial charge in [-0.1, -0.05) is 13.8 Å². The molecule has 0 aliphatic carbocycles. The van der Waals surface area contributed by atoms with Crippen LogP contribution in [0.5, 0.6) is 0 Å². The molecule has 2 N–H and O–H groups in total. The average molecular weight is 240 g/mol. The van der Waals surface area contributed by atoms with E-state index in [9.17, 15) is 4.57 Å². The zero-order valence-corrected chi connectivity index (χ0v) is 11.3. The molecule has 86 valence electrons. The summed E-state index contributed by atoms with van der Waals surface area (Å²) in [5, 5.41) is 0. The highest BCUT2D eigenvalue weighted by molar-refractivity contribution is 7.54. The van der Waals surface area contributed by atoms with E-state index in [1.165, 1.54) is 0 Å². The summed E-state index contributed by atoms with van der Waals surface area (Å²) in [5.41, 5.74) is 0. The van der Waals surface area contributed by atoms with Crippen molar-refractivity contribution in [3.63, 3.8) is 0 Å². The van der Waals surface area contributed by atoms with Crippen LogP contribution in [0.15, 0.2) is 0 Å². The van der Waals surface area contributed by atoms with Gasteiger partial charge in [-0.05, 0) is 25.9 Å². The highest BCUT2D eigenvalue weighted by Gasteiger charge is 2.33. The van der Waals surface area contributed by atoms with E-state index in [0.717, 1.165) is 12.8 Å². The number of hydrogen-bond acceptors (Lipinski definition) is 2.